The summed E-state index contributed by atoms with van der Waals surface area (Å²) in [4.78, 5) is 16.8. The van der Waals surface area contributed by atoms with Gasteiger partial charge in [0.15, 0.2) is 5.13 Å². The van der Waals surface area contributed by atoms with Crippen molar-refractivity contribution < 1.29 is 26.7 Å². The lowest BCUT2D eigenvalue weighted by Gasteiger charge is -2.31. The topological polar surface area (TPSA) is 127 Å². The maximum Gasteiger partial charge on any atom is 0.214 e. The van der Waals surface area contributed by atoms with Crippen molar-refractivity contribution in [3.05, 3.63) is 40.3 Å². The lowest BCUT2D eigenvalue weighted by molar-refractivity contribution is 0.0771. The molecule has 37 heavy (non-hydrogen) atoms. The van der Waals surface area contributed by atoms with Crippen LogP contribution < -0.4 is 16.4 Å². The van der Waals surface area contributed by atoms with E-state index < -0.39 is 33.0 Å². The third-order valence-electron chi connectivity index (χ3n) is 5.93. The van der Waals surface area contributed by atoms with Crippen molar-refractivity contribution in [2.45, 2.75) is 51.7 Å². The molecule has 1 aliphatic heterocycles. The van der Waals surface area contributed by atoms with Crippen molar-refractivity contribution in [3.8, 4) is 0 Å². The van der Waals surface area contributed by atoms with Crippen LogP contribution in [0.15, 0.2) is 18.2 Å². The first-order valence-electron chi connectivity index (χ1n) is 12.4. The number of hydrogen-bond acceptors (Lipinski definition) is 9. The molecule has 0 unspecified atom stereocenters. The third kappa shape index (κ3) is 8.40. The number of rotatable bonds is 14. The Balaban J connectivity index is 1.44. The Morgan fingerprint density at radius 1 is 1.22 bits per heavy atom. The largest absolute Gasteiger partial charge is 0.382 e. The van der Waals surface area contributed by atoms with Crippen molar-refractivity contribution in [1.82, 2.24) is 14.6 Å². The Morgan fingerprint density at radius 2 is 1.86 bits per heavy atom. The minimum Gasteiger partial charge on any atom is -0.382 e. The molecule has 0 amide bonds. The molecule has 0 radical (unpaired) electrons. The van der Waals surface area contributed by atoms with Crippen LogP contribution in [0.1, 0.15) is 54.8 Å². The number of carbonyl (C=O) groups is 1. The number of piperidine rings is 1. The van der Waals surface area contributed by atoms with Gasteiger partial charge in [-0.25, -0.2) is 26.5 Å². The molecule has 1 aromatic heterocycles. The number of carbonyl (C=O) groups excluding carboxylic acids is 1. The van der Waals surface area contributed by atoms with Gasteiger partial charge in [0.1, 0.15) is 22.3 Å². The first-order chi connectivity index (χ1) is 17.6. The number of anilines is 2. The highest BCUT2D eigenvalue weighted by Crippen LogP contribution is 2.30. The number of halogens is 2. The quantitative estimate of drug-likeness (QED) is 0.238. The average molecular weight is 560 g/mol. The monoisotopic (exact) mass is 559 g/mol. The van der Waals surface area contributed by atoms with Crippen LogP contribution in [-0.4, -0.2) is 74.2 Å². The molecular weight excluding hydrogens is 524 g/mol. The van der Waals surface area contributed by atoms with Crippen LogP contribution in [0.3, 0.4) is 0 Å². The summed E-state index contributed by atoms with van der Waals surface area (Å²) in [7, 11) is -3.35. The molecule has 9 nitrogen and oxygen atoms in total. The van der Waals surface area contributed by atoms with E-state index in [2.05, 4.69) is 15.6 Å². The molecule has 0 bridgehead atoms. The highest BCUT2D eigenvalue weighted by molar-refractivity contribution is 7.89. The maximum atomic E-state index is 14.0. The second kappa shape index (κ2) is 13.6. The van der Waals surface area contributed by atoms with Crippen LogP contribution in [-0.2, 0) is 14.8 Å². The van der Waals surface area contributed by atoms with Gasteiger partial charge in [0.2, 0.25) is 15.8 Å². The van der Waals surface area contributed by atoms with Gasteiger partial charge in [0.25, 0.3) is 0 Å². The Morgan fingerprint density at radius 3 is 2.51 bits per heavy atom. The molecule has 206 valence electrons. The summed E-state index contributed by atoms with van der Waals surface area (Å²) in [6, 6.07) is 3.13. The highest BCUT2D eigenvalue weighted by atomic mass is 32.2. The van der Waals surface area contributed by atoms with Crippen molar-refractivity contribution in [2.75, 3.05) is 49.6 Å². The predicted molar refractivity (Wildman–Crippen MR) is 142 cm³/mol. The molecule has 0 aliphatic carbocycles. The number of hydrogen-bond donors (Lipinski definition) is 3. The van der Waals surface area contributed by atoms with Crippen LogP contribution in [0.25, 0.3) is 0 Å². The minimum atomic E-state index is -3.35. The predicted octanol–water partition coefficient (Wildman–Crippen LogP) is 3.24. The fraction of sp³-hybridized carbons (Fsp3) is 0.583. The zero-order chi connectivity index (χ0) is 27.0. The summed E-state index contributed by atoms with van der Waals surface area (Å²) < 4.78 is 60.4. The summed E-state index contributed by atoms with van der Waals surface area (Å²) in [6.45, 7) is 6.81. The van der Waals surface area contributed by atoms with E-state index in [1.165, 1.54) is 10.4 Å². The van der Waals surface area contributed by atoms with Crippen molar-refractivity contribution >= 4 is 38.1 Å². The van der Waals surface area contributed by atoms with Gasteiger partial charge in [0, 0.05) is 25.7 Å². The van der Waals surface area contributed by atoms with Crippen molar-refractivity contribution in [2.24, 2.45) is 0 Å². The number of aromatic nitrogens is 1. The number of nitrogens with zero attached hydrogens (tertiary/aromatic N) is 2. The average Bonchev–Trinajstić information content (AvgIpc) is 3.20. The van der Waals surface area contributed by atoms with E-state index >= 15 is 0 Å². The Kier molecular flexibility index (Phi) is 10.8. The van der Waals surface area contributed by atoms with E-state index in [1.807, 2.05) is 13.8 Å². The normalized spacial score (nSPS) is 15.4. The molecule has 3 rings (SSSR count). The molecule has 2 heterocycles. The number of sulfonamides is 1. The van der Waals surface area contributed by atoms with Gasteiger partial charge in [0.05, 0.1) is 17.4 Å². The van der Waals surface area contributed by atoms with Crippen LogP contribution in [0.4, 0.5) is 19.7 Å². The van der Waals surface area contributed by atoms with Crippen LogP contribution in [0.2, 0.25) is 0 Å². The molecule has 1 aromatic carbocycles. The van der Waals surface area contributed by atoms with E-state index in [0.717, 1.165) is 36.4 Å². The van der Waals surface area contributed by atoms with Crippen LogP contribution >= 0.6 is 11.3 Å². The second-order valence-corrected chi connectivity index (χ2v) is 12.3. The highest BCUT2D eigenvalue weighted by Gasteiger charge is 2.29. The Labute approximate surface area is 220 Å². The van der Waals surface area contributed by atoms with Crippen LogP contribution in [0, 0.1) is 11.6 Å². The number of ether oxygens (including phenoxy) is 1. The lowest BCUT2D eigenvalue weighted by atomic mass is 10.1. The number of ketones is 1. The molecule has 13 heteroatoms. The zero-order valence-corrected chi connectivity index (χ0v) is 22.8. The van der Waals surface area contributed by atoms with Crippen molar-refractivity contribution in [3.63, 3.8) is 0 Å². The van der Waals surface area contributed by atoms with E-state index in [1.54, 1.807) is 0 Å². The first-order valence-corrected chi connectivity index (χ1v) is 14.8. The molecular formula is C24H35F2N5O4S2. The van der Waals surface area contributed by atoms with Crippen LogP contribution in [0.5, 0.6) is 0 Å². The lowest BCUT2D eigenvalue weighted by Crippen LogP contribution is -2.43. The zero-order valence-electron chi connectivity index (χ0n) is 21.1. The molecule has 1 saturated heterocycles. The number of nitrogens with two attached hydrogens (primary N) is 1. The first kappa shape index (κ1) is 29.4. The number of nitrogens with one attached hydrogen (secondary N) is 2. The standard InChI is InChI=1S/C24H35F2N5O4S2/c1-16(2)35-14-4-10-28-11-5-15-37(33,34)31-12-8-17(9-13-31)29-24-30-23(27)22(36-24)21(32)20-18(25)6-3-7-19(20)26/h3,6-7,16-17,28H,4-5,8-15,27H2,1-2H3,(H,29,30). The van der Waals surface area contributed by atoms with Gasteiger partial charge in [-0.05, 0) is 64.8 Å². The van der Waals surface area contributed by atoms with Crippen molar-refractivity contribution in [1.29, 1.82) is 0 Å². The number of nitrogen functional groups attached to an aromatic ring is 1. The smallest absolute Gasteiger partial charge is 0.214 e. The number of thiazole rings is 1. The summed E-state index contributed by atoms with van der Waals surface area (Å²) in [5.41, 5.74) is 5.19. The van der Waals surface area contributed by atoms with Gasteiger partial charge >= 0.3 is 0 Å². The fourth-order valence-corrected chi connectivity index (χ4v) is 6.43. The molecule has 1 aliphatic rings. The SMILES string of the molecule is CC(C)OCCCNCCCS(=O)(=O)N1CCC(Nc2nc(N)c(C(=O)c3c(F)cccc3F)s2)CC1. The third-order valence-corrected chi connectivity index (χ3v) is 8.89. The Hall–Kier alpha value is -2.19. The summed E-state index contributed by atoms with van der Waals surface area (Å²) in [5, 5.41) is 6.78. The van der Waals surface area contributed by atoms with Gasteiger partial charge in [-0.1, -0.05) is 17.4 Å². The summed E-state index contributed by atoms with van der Waals surface area (Å²) in [5.74, 6) is -2.82. The molecule has 0 atom stereocenters. The van der Waals surface area contributed by atoms with E-state index in [9.17, 15) is 22.0 Å². The van der Waals surface area contributed by atoms with Gasteiger partial charge in [-0.3, -0.25) is 4.79 Å². The molecule has 1 fully saturated rings. The fourth-order valence-electron chi connectivity index (χ4n) is 3.99. The molecule has 4 N–H and O–H groups in total. The maximum absolute atomic E-state index is 14.0. The minimum absolute atomic E-state index is 0.0485. The second-order valence-electron chi connectivity index (χ2n) is 9.17. The van der Waals surface area contributed by atoms with E-state index in [0.29, 0.717) is 50.6 Å². The van der Waals surface area contributed by atoms with Gasteiger partial charge in [-0.15, -0.1) is 0 Å². The molecule has 0 spiro atoms. The van der Waals surface area contributed by atoms with E-state index in [4.69, 9.17) is 10.5 Å². The Bertz CT molecular complexity index is 1130. The molecule has 0 saturated carbocycles. The number of benzene rings is 1. The van der Waals surface area contributed by atoms with Gasteiger partial charge < -0.3 is 21.1 Å². The summed E-state index contributed by atoms with van der Waals surface area (Å²) >= 11 is 0.925. The van der Waals surface area contributed by atoms with E-state index in [-0.39, 0.29) is 28.6 Å². The molecule has 2 aromatic rings. The van der Waals surface area contributed by atoms with Gasteiger partial charge in [-0.2, -0.15) is 0 Å². The summed E-state index contributed by atoms with van der Waals surface area (Å²) in [6.07, 6.45) is 2.73.